The zero-order valence-electron chi connectivity index (χ0n) is 6.70. The van der Waals surface area contributed by atoms with Crippen LogP contribution < -0.4 is 10.9 Å². The Labute approximate surface area is 69.5 Å². The molecule has 0 spiro atoms. The van der Waals surface area contributed by atoms with Gasteiger partial charge >= 0.3 is 0 Å². The maximum absolute atomic E-state index is 7.66. The fraction of sp³-hybridized carbons (Fsp3) is 0.333. The number of nitrogens with two attached hydrogens (primary N) is 1. The monoisotopic (exact) mass is 166 g/mol. The van der Waals surface area contributed by atoms with E-state index in [1.54, 1.807) is 4.90 Å². The molecule has 1 aromatic heterocycles. The van der Waals surface area contributed by atoms with E-state index in [-0.39, 0.29) is 0 Å². The molecule has 0 fully saturated rings. The number of rotatable bonds is 0. The molecule has 64 valence electrons. The highest BCUT2D eigenvalue weighted by Gasteiger charge is 2.24. The molecule has 1 aliphatic heterocycles. The maximum atomic E-state index is 7.66. The van der Waals surface area contributed by atoms with E-state index >= 15 is 0 Å². The number of nitrogens with zero attached hydrogens (tertiary/aromatic N) is 3. The highest BCUT2D eigenvalue weighted by Crippen LogP contribution is 2.19. The van der Waals surface area contributed by atoms with Crippen molar-refractivity contribution in [2.75, 3.05) is 18.7 Å². The van der Waals surface area contributed by atoms with Gasteiger partial charge in [-0.15, -0.1) is 0 Å². The zero-order valence-corrected chi connectivity index (χ0v) is 6.70. The molecule has 0 aliphatic carbocycles. The normalized spacial score (nSPS) is 16.7. The average Bonchev–Trinajstić information content (AvgIpc) is 2.48. The molecule has 0 amide bonds. The second-order valence-electron chi connectivity index (χ2n) is 2.76. The first-order valence-electron chi connectivity index (χ1n) is 3.56. The molecule has 0 saturated heterocycles. The lowest BCUT2D eigenvalue weighted by atomic mass is 10.3. The summed E-state index contributed by atoms with van der Waals surface area (Å²) in [6, 6.07) is 0. The molecule has 0 radical (unpaired) electrons. The number of aromatic amines is 1. The number of H-pyrrole nitrogens is 1. The number of hydrazine groups is 1. The molecule has 6 heteroatoms. The highest BCUT2D eigenvalue weighted by molar-refractivity contribution is 6.00. The second-order valence-corrected chi connectivity index (χ2v) is 2.76. The SMILES string of the molecule is CN1CN(N)c2nc[nH]c2C1=N. The van der Waals surface area contributed by atoms with Crippen LogP contribution in [0.2, 0.25) is 0 Å². The van der Waals surface area contributed by atoms with E-state index in [2.05, 4.69) is 9.97 Å². The van der Waals surface area contributed by atoms with Gasteiger partial charge in [0.1, 0.15) is 18.2 Å². The fourth-order valence-corrected chi connectivity index (χ4v) is 1.24. The first kappa shape index (κ1) is 7.11. The van der Waals surface area contributed by atoms with Gasteiger partial charge in [0.15, 0.2) is 5.82 Å². The van der Waals surface area contributed by atoms with Gasteiger partial charge in [0, 0.05) is 7.05 Å². The van der Waals surface area contributed by atoms with E-state index in [9.17, 15) is 0 Å². The molecule has 0 bridgehead atoms. The third-order valence-electron chi connectivity index (χ3n) is 1.87. The Morgan fingerprint density at radius 3 is 3.25 bits per heavy atom. The van der Waals surface area contributed by atoms with Gasteiger partial charge in [-0.05, 0) is 0 Å². The minimum atomic E-state index is 0.421. The van der Waals surface area contributed by atoms with Crippen LogP contribution in [-0.4, -0.2) is 34.4 Å². The van der Waals surface area contributed by atoms with Gasteiger partial charge in [0.25, 0.3) is 0 Å². The number of fused-ring (bicyclic) bond motifs is 1. The van der Waals surface area contributed by atoms with E-state index in [0.29, 0.717) is 24.0 Å². The molecule has 1 aromatic rings. The second kappa shape index (κ2) is 2.21. The van der Waals surface area contributed by atoms with Crippen molar-refractivity contribution in [3.05, 3.63) is 12.0 Å². The Balaban J connectivity index is 2.50. The van der Waals surface area contributed by atoms with Crippen LogP contribution in [0, 0.1) is 5.41 Å². The Kier molecular flexibility index (Phi) is 1.31. The summed E-state index contributed by atoms with van der Waals surface area (Å²) < 4.78 is 0. The van der Waals surface area contributed by atoms with Crippen LogP contribution in [0.3, 0.4) is 0 Å². The summed E-state index contributed by atoms with van der Waals surface area (Å²) in [5, 5.41) is 9.16. The van der Waals surface area contributed by atoms with Gasteiger partial charge in [-0.25, -0.2) is 10.8 Å². The molecule has 4 N–H and O–H groups in total. The first-order chi connectivity index (χ1) is 5.70. The lowest BCUT2D eigenvalue weighted by molar-refractivity contribution is 0.476. The van der Waals surface area contributed by atoms with Crippen molar-refractivity contribution < 1.29 is 0 Å². The van der Waals surface area contributed by atoms with Crippen molar-refractivity contribution in [1.82, 2.24) is 14.9 Å². The standard InChI is InChI=1S/C6H10N6/c1-11-3-12(8)6-4(5(11)7)9-2-10-6/h2,7H,3,8H2,1H3,(H,9,10). The largest absolute Gasteiger partial charge is 0.340 e. The molecule has 0 atom stereocenters. The Hall–Kier alpha value is -1.56. The minimum absolute atomic E-state index is 0.421. The molecule has 2 heterocycles. The lowest BCUT2D eigenvalue weighted by Gasteiger charge is -2.31. The van der Waals surface area contributed by atoms with Gasteiger partial charge in [-0.3, -0.25) is 10.4 Å². The number of amidine groups is 1. The summed E-state index contributed by atoms with van der Waals surface area (Å²) in [6.07, 6.45) is 1.54. The number of hydrogen-bond donors (Lipinski definition) is 3. The predicted molar refractivity (Wildman–Crippen MR) is 44.7 cm³/mol. The Morgan fingerprint density at radius 1 is 1.75 bits per heavy atom. The van der Waals surface area contributed by atoms with Crippen molar-refractivity contribution in [2.24, 2.45) is 5.84 Å². The van der Waals surface area contributed by atoms with Crippen molar-refractivity contribution in [3.63, 3.8) is 0 Å². The van der Waals surface area contributed by atoms with Crippen LogP contribution >= 0.6 is 0 Å². The summed E-state index contributed by atoms with van der Waals surface area (Å²) in [4.78, 5) is 8.61. The number of imidazole rings is 1. The zero-order chi connectivity index (χ0) is 8.72. The number of anilines is 1. The summed E-state index contributed by atoms with van der Waals surface area (Å²) in [7, 11) is 1.81. The van der Waals surface area contributed by atoms with Crippen LogP contribution in [0.15, 0.2) is 6.33 Å². The predicted octanol–water partition coefficient (Wildman–Crippen LogP) is -0.682. The summed E-state index contributed by atoms with van der Waals surface area (Å²) in [5.41, 5.74) is 0.672. The van der Waals surface area contributed by atoms with E-state index in [0.717, 1.165) is 0 Å². The van der Waals surface area contributed by atoms with Crippen molar-refractivity contribution in [2.45, 2.75) is 0 Å². The summed E-state index contributed by atoms with van der Waals surface area (Å²) >= 11 is 0. The maximum Gasteiger partial charge on any atom is 0.173 e. The van der Waals surface area contributed by atoms with Crippen LogP contribution in [0.5, 0.6) is 0 Å². The van der Waals surface area contributed by atoms with Crippen molar-refractivity contribution in [3.8, 4) is 0 Å². The van der Waals surface area contributed by atoms with Crippen LogP contribution in [0.4, 0.5) is 5.82 Å². The van der Waals surface area contributed by atoms with Crippen molar-refractivity contribution in [1.29, 1.82) is 5.41 Å². The minimum Gasteiger partial charge on any atom is -0.340 e. The van der Waals surface area contributed by atoms with Crippen LogP contribution in [-0.2, 0) is 0 Å². The summed E-state index contributed by atoms with van der Waals surface area (Å²) in [6.45, 7) is 0.497. The molecule has 6 nitrogen and oxygen atoms in total. The first-order valence-corrected chi connectivity index (χ1v) is 3.56. The molecular formula is C6H10N6. The van der Waals surface area contributed by atoms with Gasteiger partial charge in [0.2, 0.25) is 0 Å². The van der Waals surface area contributed by atoms with E-state index in [1.165, 1.54) is 11.3 Å². The molecule has 1 aliphatic rings. The number of nitrogens with one attached hydrogen (secondary N) is 2. The quantitative estimate of drug-likeness (QED) is 0.446. The Morgan fingerprint density at radius 2 is 2.50 bits per heavy atom. The molecule has 0 unspecified atom stereocenters. The van der Waals surface area contributed by atoms with E-state index in [1.807, 2.05) is 7.05 Å². The van der Waals surface area contributed by atoms with Crippen LogP contribution in [0.1, 0.15) is 5.69 Å². The molecule has 2 rings (SSSR count). The molecule has 0 saturated carbocycles. The number of hydrogen-bond acceptors (Lipinski definition) is 4. The highest BCUT2D eigenvalue weighted by atomic mass is 15.5. The third kappa shape index (κ3) is 0.782. The summed E-state index contributed by atoms with van der Waals surface area (Å²) in [5.74, 6) is 6.71. The van der Waals surface area contributed by atoms with Gasteiger partial charge in [0.05, 0.1) is 6.33 Å². The lowest BCUT2D eigenvalue weighted by Crippen LogP contribution is -2.48. The topological polar surface area (TPSA) is 85.0 Å². The van der Waals surface area contributed by atoms with Gasteiger partial charge in [-0.1, -0.05) is 0 Å². The van der Waals surface area contributed by atoms with E-state index in [4.69, 9.17) is 11.3 Å². The average molecular weight is 166 g/mol. The third-order valence-corrected chi connectivity index (χ3v) is 1.87. The van der Waals surface area contributed by atoms with Crippen molar-refractivity contribution >= 4 is 11.7 Å². The van der Waals surface area contributed by atoms with Gasteiger partial charge in [-0.2, -0.15) is 0 Å². The number of aromatic nitrogens is 2. The molecular weight excluding hydrogens is 156 g/mol. The van der Waals surface area contributed by atoms with Gasteiger partial charge < -0.3 is 9.88 Å². The van der Waals surface area contributed by atoms with E-state index < -0.39 is 0 Å². The Bertz CT molecular complexity index is 316. The molecule has 0 aromatic carbocycles. The molecule has 12 heavy (non-hydrogen) atoms. The fourth-order valence-electron chi connectivity index (χ4n) is 1.24. The van der Waals surface area contributed by atoms with Crippen LogP contribution in [0.25, 0.3) is 0 Å². The smallest absolute Gasteiger partial charge is 0.173 e.